The minimum absolute atomic E-state index is 0.0255. The molecule has 2 atom stereocenters. The van der Waals surface area contributed by atoms with E-state index in [1.165, 1.54) is 6.26 Å². The highest BCUT2D eigenvalue weighted by atomic mass is 32.2. The van der Waals surface area contributed by atoms with Crippen LogP contribution in [0.4, 0.5) is 4.79 Å². The molecular weight excluding hydrogens is 242 g/mol. The lowest BCUT2D eigenvalue weighted by atomic mass is 9.92. The molecule has 17 heavy (non-hydrogen) atoms. The first kappa shape index (κ1) is 14.3. The molecule has 0 aromatic rings. The van der Waals surface area contributed by atoms with Gasteiger partial charge >= 0.3 is 6.09 Å². The van der Waals surface area contributed by atoms with Gasteiger partial charge in [-0.15, -0.1) is 0 Å². The van der Waals surface area contributed by atoms with E-state index in [-0.39, 0.29) is 23.8 Å². The van der Waals surface area contributed by atoms with E-state index in [0.717, 1.165) is 0 Å². The maximum Gasteiger partial charge on any atom is 0.410 e. The second-order valence-electron chi connectivity index (χ2n) is 5.73. The number of nitrogens with zero attached hydrogens (tertiary/aromatic N) is 1. The molecule has 1 saturated heterocycles. The molecule has 0 N–H and O–H groups in total. The van der Waals surface area contributed by atoms with Gasteiger partial charge in [-0.05, 0) is 27.7 Å². The van der Waals surface area contributed by atoms with Crippen LogP contribution in [0.5, 0.6) is 0 Å². The van der Waals surface area contributed by atoms with E-state index in [1.54, 1.807) is 4.90 Å². The number of sulfone groups is 1. The first-order valence-electron chi connectivity index (χ1n) is 5.67. The molecule has 0 aromatic carbocycles. The lowest BCUT2D eigenvalue weighted by Crippen LogP contribution is -2.59. The summed E-state index contributed by atoms with van der Waals surface area (Å²) in [7, 11) is -2.98. The van der Waals surface area contributed by atoms with Crippen molar-refractivity contribution in [3.63, 3.8) is 0 Å². The average Bonchev–Trinajstić information content (AvgIpc) is 2.06. The molecule has 0 saturated carbocycles. The van der Waals surface area contributed by atoms with Gasteiger partial charge in [0.25, 0.3) is 0 Å². The van der Waals surface area contributed by atoms with E-state index in [9.17, 15) is 13.2 Å². The Hall–Kier alpha value is -0.780. The number of rotatable bonds is 2. The number of hydrogen-bond acceptors (Lipinski definition) is 4. The van der Waals surface area contributed by atoms with Crippen LogP contribution in [0.25, 0.3) is 0 Å². The largest absolute Gasteiger partial charge is 0.444 e. The van der Waals surface area contributed by atoms with Crippen molar-refractivity contribution in [1.29, 1.82) is 0 Å². The summed E-state index contributed by atoms with van der Waals surface area (Å²) in [6.45, 7) is 7.74. The molecule has 1 aliphatic heterocycles. The zero-order chi connectivity index (χ0) is 13.4. The third kappa shape index (κ3) is 4.18. The Morgan fingerprint density at radius 1 is 1.41 bits per heavy atom. The number of carbonyl (C=O) groups is 1. The van der Waals surface area contributed by atoms with Crippen LogP contribution in [-0.2, 0) is 14.6 Å². The van der Waals surface area contributed by atoms with Crippen LogP contribution in [0.3, 0.4) is 0 Å². The minimum Gasteiger partial charge on any atom is -0.444 e. The Bertz CT molecular complexity index is 396. The maximum atomic E-state index is 11.7. The van der Waals surface area contributed by atoms with Gasteiger partial charge in [0.15, 0.2) is 0 Å². The van der Waals surface area contributed by atoms with Crippen molar-refractivity contribution in [2.24, 2.45) is 5.92 Å². The molecule has 0 aliphatic carbocycles. The van der Waals surface area contributed by atoms with Crippen molar-refractivity contribution < 1.29 is 17.9 Å². The van der Waals surface area contributed by atoms with Crippen molar-refractivity contribution in [1.82, 2.24) is 4.90 Å². The first-order chi connectivity index (χ1) is 7.49. The molecule has 1 aliphatic rings. The SMILES string of the molecule is C[C@H]1C(CS(C)(=O)=O)CN1C(=O)OC(C)(C)C. The van der Waals surface area contributed by atoms with Crippen molar-refractivity contribution in [2.45, 2.75) is 39.3 Å². The molecule has 1 fully saturated rings. The summed E-state index contributed by atoms with van der Waals surface area (Å²) in [4.78, 5) is 13.3. The first-order valence-corrected chi connectivity index (χ1v) is 7.73. The molecule has 1 heterocycles. The summed E-state index contributed by atoms with van der Waals surface area (Å²) in [5, 5.41) is 0. The highest BCUT2D eigenvalue weighted by Crippen LogP contribution is 2.27. The predicted molar refractivity (Wildman–Crippen MR) is 65.6 cm³/mol. The van der Waals surface area contributed by atoms with Crippen LogP contribution in [0, 0.1) is 5.92 Å². The van der Waals surface area contributed by atoms with Crippen molar-refractivity contribution in [3.8, 4) is 0 Å². The molecule has 0 radical (unpaired) electrons. The fourth-order valence-electron chi connectivity index (χ4n) is 1.83. The molecule has 0 spiro atoms. The number of amides is 1. The van der Waals surface area contributed by atoms with Crippen LogP contribution >= 0.6 is 0 Å². The summed E-state index contributed by atoms with van der Waals surface area (Å²) in [6, 6.07) is -0.0698. The Morgan fingerprint density at radius 3 is 2.29 bits per heavy atom. The highest BCUT2D eigenvalue weighted by Gasteiger charge is 2.41. The standard InChI is InChI=1S/C11H21NO4S/c1-8-9(7-17(5,14)15)6-12(8)10(13)16-11(2,3)4/h8-9H,6-7H2,1-5H3/t8-,9?/m0/s1. The Balaban J connectivity index is 2.50. The molecule has 6 heteroatoms. The maximum absolute atomic E-state index is 11.7. The van der Waals surface area contributed by atoms with Crippen LogP contribution in [0.1, 0.15) is 27.7 Å². The van der Waals surface area contributed by atoms with Gasteiger partial charge in [-0.3, -0.25) is 0 Å². The van der Waals surface area contributed by atoms with Crippen LogP contribution in [0.2, 0.25) is 0 Å². The monoisotopic (exact) mass is 263 g/mol. The van der Waals surface area contributed by atoms with Crippen LogP contribution < -0.4 is 0 Å². The van der Waals surface area contributed by atoms with Gasteiger partial charge in [0.1, 0.15) is 15.4 Å². The second-order valence-corrected chi connectivity index (χ2v) is 7.91. The van der Waals surface area contributed by atoms with Gasteiger partial charge in [-0.2, -0.15) is 0 Å². The lowest BCUT2D eigenvalue weighted by molar-refractivity contribution is -0.0202. The van der Waals surface area contributed by atoms with Gasteiger partial charge in [0.2, 0.25) is 0 Å². The third-order valence-corrected chi connectivity index (χ3v) is 3.78. The van der Waals surface area contributed by atoms with Gasteiger partial charge < -0.3 is 9.64 Å². The zero-order valence-electron chi connectivity index (χ0n) is 11.1. The predicted octanol–water partition coefficient (Wildman–Crippen LogP) is 1.29. The number of ether oxygens (including phenoxy) is 1. The second kappa shape index (κ2) is 4.48. The van der Waals surface area contributed by atoms with Gasteiger partial charge in [0, 0.05) is 24.8 Å². The molecule has 1 unspecified atom stereocenters. The van der Waals surface area contributed by atoms with E-state index < -0.39 is 15.4 Å². The van der Waals surface area contributed by atoms with Gasteiger partial charge in [-0.1, -0.05) is 0 Å². The molecular formula is C11H21NO4S. The number of likely N-dealkylation sites (tertiary alicyclic amines) is 1. The summed E-state index contributed by atoms with van der Waals surface area (Å²) in [6.07, 6.45) is 0.852. The van der Waals surface area contributed by atoms with Crippen molar-refractivity contribution >= 4 is 15.9 Å². The van der Waals surface area contributed by atoms with E-state index >= 15 is 0 Å². The van der Waals surface area contributed by atoms with Crippen molar-refractivity contribution in [3.05, 3.63) is 0 Å². The number of carbonyl (C=O) groups excluding carboxylic acids is 1. The normalized spacial score (nSPS) is 25.4. The Kier molecular flexibility index (Phi) is 3.76. The highest BCUT2D eigenvalue weighted by molar-refractivity contribution is 7.90. The smallest absolute Gasteiger partial charge is 0.410 e. The van der Waals surface area contributed by atoms with E-state index in [1.807, 2.05) is 27.7 Å². The Labute approximate surface area is 103 Å². The Morgan fingerprint density at radius 2 is 1.94 bits per heavy atom. The summed E-state index contributed by atoms with van der Waals surface area (Å²) < 4.78 is 27.5. The molecule has 0 aromatic heterocycles. The van der Waals surface area contributed by atoms with Gasteiger partial charge in [0.05, 0.1) is 5.75 Å². The van der Waals surface area contributed by atoms with Crippen LogP contribution in [0.15, 0.2) is 0 Å². The zero-order valence-corrected chi connectivity index (χ0v) is 11.9. The molecule has 0 bridgehead atoms. The third-order valence-electron chi connectivity index (χ3n) is 2.75. The molecule has 100 valence electrons. The minimum atomic E-state index is -2.98. The molecule has 5 nitrogen and oxygen atoms in total. The van der Waals surface area contributed by atoms with Crippen LogP contribution in [-0.4, -0.2) is 49.6 Å². The number of hydrogen-bond donors (Lipinski definition) is 0. The summed E-state index contributed by atoms with van der Waals surface area (Å²) >= 11 is 0. The van der Waals surface area contributed by atoms with Crippen molar-refractivity contribution in [2.75, 3.05) is 18.6 Å². The fourth-order valence-corrected chi connectivity index (χ4v) is 2.99. The van der Waals surface area contributed by atoms with E-state index in [0.29, 0.717) is 6.54 Å². The average molecular weight is 263 g/mol. The fraction of sp³-hybridized carbons (Fsp3) is 0.909. The van der Waals surface area contributed by atoms with E-state index in [2.05, 4.69) is 0 Å². The van der Waals surface area contributed by atoms with E-state index in [4.69, 9.17) is 4.74 Å². The summed E-state index contributed by atoms with van der Waals surface area (Å²) in [5.74, 6) is 0.158. The summed E-state index contributed by atoms with van der Waals surface area (Å²) in [5.41, 5.74) is -0.515. The topological polar surface area (TPSA) is 63.7 Å². The van der Waals surface area contributed by atoms with Gasteiger partial charge in [-0.25, -0.2) is 13.2 Å². The quantitative estimate of drug-likeness (QED) is 0.753. The lowest BCUT2D eigenvalue weighted by Gasteiger charge is -2.46. The molecule has 1 rings (SSSR count). The molecule has 1 amide bonds.